The molecule has 20 heavy (non-hydrogen) atoms. The topological polar surface area (TPSA) is 18.5 Å². The van der Waals surface area contributed by atoms with E-state index in [2.05, 4.69) is 23.8 Å². The van der Waals surface area contributed by atoms with Crippen LogP contribution in [0.25, 0.3) is 5.57 Å². The molecular formula is C17H18O2S. The fraction of sp³-hybridized carbons (Fsp3) is 0.176. The van der Waals surface area contributed by atoms with Gasteiger partial charge in [0.2, 0.25) is 0 Å². The van der Waals surface area contributed by atoms with Crippen LogP contribution in [0.15, 0.2) is 53.9 Å². The summed E-state index contributed by atoms with van der Waals surface area (Å²) in [5.41, 5.74) is 3.43. The highest BCUT2D eigenvalue weighted by atomic mass is 32.2. The minimum absolute atomic E-state index is 0.794. The molecule has 2 rings (SSSR count). The van der Waals surface area contributed by atoms with Gasteiger partial charge in [0.1, 0.15) is 11.5 Å². The van der Waals surface area contributed by atoms with Crippen molar-refractivity contribution in [3.63, 3.8) is 0 Å². The number of rotatable bonds is 5. The second kappa shape index (κ2) is 7.06. The average Bonchev–Trinajstić information content (AvgIpc) is 2.52. The van der Waals surface area contributed by atoms with Gasteiger partial charge < -0.3 is 9.47 Å². The molecule has 2 aromatic rings. The van der Waals surface area contributed by atoms with Crippen molar-refractivity contribution in [3.8, 4) is 11.5 Å². The first kappa shape index (κ1) is 14.5. The molecule has 0 aliphatic carbocycles. The summed E-state index contributed by atoms with van der Waals surface area (Å²) in [5.74, 6) is 1.59. The Bertz CT molecular complexity index is 569. The summed E-state index contributed by atoms with van der Waals surface area (Å²) in [5, 5.41) is 2.14. The zero-order chi connectivity index (χ0) is 14.4. The van der Waals surface area contributed by atoms with Gasteiger partial charge in [0, 0.05) is 6.07 Å². The summed E-state index contributed by atoms with van der Waals surface area (Å²) in [7, 11) is 3.33. The Morgan fingerprint density at radius 2 is 1.50 bits per heavy atom. The van der Waals surface area contributed by atoms with Crippen molar-refractivity contribution < 1.29 is 9.47 Å². The normalized spacial score (nSPS) is 11.2. The molecule has 2 aromatic carbocycles. The van der Waals surface area contributed by atoms with E-state index in [0.29, 0.717) is 0 Å². The van der Waals surface area contributed by atoms with E-state index in [9.17, 15) is 0 Å². The molecule has 0 heterocycles. The van der Waals surface area contributed by atoms with Gasteiger partial charge in [-0.05, 0) is 40.5 Å². The molecule has 0 aliphatic rings. The minimum atomic E-state index is 0.794. The Kier molecular flexibility index (Phi) is 5.13. The van der Waals surface area contributed by atoms with Gasteiger partial charge in [-0.15, -0.1) is 11.8 Å². The summed E-state index contributed by atoms with van der Waals surface area (Å²) in [4.78, 5) is 0. The second-order valence-corrected chi connectivity index (χ2v) is 4.94. The number of hydrogen-bond acceptors (Lipinski definition) is 3. The lowest BCUT2D eigenvalue weighted by Crippen LogP contribution is -1.92. The van der Waals surface area contributed by atoms with Crippen molar-refractivity contribution in [3.05, 3.63) is 65.1 Å². The lowest BCUT2D eigenvalue weighted by Gasteiger charge is -2.12. The number of benzene rings is 2. The summed E-state index contributed by atoms with van der Waals surface area (Å²) in [6, 6.07) is 16.2. The summed E-state index contributed by atoms with van der Waals surface area (Å²) in [6.45, 7) is 0. The van der Waals surface area contributed by atoms with Crippen LogP contribution in [0.5, 0.6) is 11.5 Å². The van der Waals surface area contributed by atoms with Gasteiger partial charge in [-0.3, -0.25) is 0 Å². The van der Waals surface area contributed by atoms with Crippen LogP contribution in [0.4, 0.5) is 0 Å². The van der Waals surface area contributed by atoms with Crippen LogP contribution in [0.1, 0.15) is 11.1 Å². The molecule has 0 bridgehead atoms. The first-order valence-corrected chi connectivity index (χ1v) is 7.59. The molecule has 0 atom stereocenters. The SMILES string of the molecule is COc1cc(OC)cc(C(=CSC)c2ccccc2)c1. The van der Waals surface area contributed by atoms with Gasteiger partial charge in [-0.2, -0.15) is 0 Å². The van der Waals surface area contributed by atoms with E-state index in [4.69, 9.17) is 9.47 Å². The van der Waals surface area contributed by atoms with E-state index in [1.54, 1.807) is 26.0 Å². The molecule has 2 nitrogen and oxygen atoms in total. The van der Waals surface area contributed by atoms with E-state index < -0.39 is 0 Å². The van der Waals surface area contributed by atoms with Crippen LogP contribution in [0, 0.1) is 0 Å². The van der Waals surface area contributed by atoms with Crippen LogP contribution in [-0.4, -0.2) is 20.5 Å². The maximum atomic E-state index is 5.35. The maximum absolute atomic E-state index is 5.35. The standard InChI is InChI=1S/C17H18O2S/c1-18-15-9-14(10-16(11-15)19-2)17(12-20-3)13-7-5-4-6-8-13/h4-12H,1-3H3. The summed E-state index contributed by atoms with van der Waals surface area (Å²) < 4.78 is 10.7. The Labute approximate surface area is 124 Å². The lowest BCUT2D eigenvalue weighted by molar-refractivity contribution is 0.394. The van der Waals surface area contributed by atoms with Crippen molar-refractivity contribution in [1.82, 2.24) is 0 Å². The number of thioether (sulfide) groups is 1. The van der Waals surface area contributed by atoms with Crippen LogP contribution in [0.2, 0.25) is 0 Å². The van der Waals surface area contributed by atoms with E-state index in [1.807, 2.05) is 36.4 Å². The number of hydrogen-bond donors (Lipinski definition) is 0. The molecule has 0 amide bonds. The molecule has 0 unspecified atom stereocenters. The van der Waals surface area contributed by atoms with Crippen molar-refractivity contribution in [2.24, 2.45) is 0 Å². The van der Waals surface area contributed by atoms with Gasteiger partial charge in [-0.25, -0.2) is 0 Å². The first-order chi connectivity index (χ1) is 9.78. The molecule has 0 N–H and O–H groups in total. The molecule has 0 radical (unpaired) electrons. The van der Waals surface area contributed by atoms with Crippen molar-refractivity contribution in [2.75, 3.05) is 20.5 Å². The summed E-state index contributed by atoms with van der Waals surface area (Å²) in [6.07, 6.45) is 2.06. The molecule has 0 saturated heterocycles. The highest BCUT2D eigenvalue weighted by Gasteiger charge is 2.08. The zero-order valence-corrected chi connectivity index (χ0v) is 12.7. The molecule has 0 spiro atoms. The Hall–Kier alpha value is -1.87. The molecule has 0 aromatic heterocycles. The van der Waals surface area contributed by atoms with Crippen LogP contribution < -0.4 is 9.47 Å². The Morgan fingerprint density at radius 3 is 2.00 bits per heavy atom. The zero-order valence-electron chi connectivity index (χ0n) is 11.9. The van der Waals surface area contributed by atoms with Crippen LogP contribution in [-0.2, 0) is 0 Å². The fourth-order valence-corrected chi connectivity index (χ4v) is 2.51. The summed E-state index contributed by atoms with van der Waals surface area (Å²) >= 11 is 1.68. The molecule has 0 saturated carbocycles. The third kappa shape index (κ3) is 3.36. The van der Waals surface area contributed by atoms with Gasteiger partial charge in [-0.1, -0.05) is 30.3 Å². The third-order valence-electron chi connectivity index (χ3n) is 2.98. The van der Waals surface area contributed by atoms with E-state index in [-0.39, 0.29) is 0 Å². The van der Waals surface area contributed by atoms with E-state index in [0.717, 1.165) is 22.6 Å². The van der Waals surface area contributed by atoms with Crippen LogP contribution in [0.3, 0.4) is 0 Å². The van der Waals surface area contributed by atoms with Gasteiger partial charge in [0.25, 0.3) is 0 Å². The Morgan fingerprint density at radius 1 is 0.900 bits per heavy atom. The number of ether oxygens (including phenoxy) is 2. The van der Waals surface area contributed by atoms with Gasteiger partial charge in [0.15, 0.2) is 0 Å². The highest BCUT2D eigenvalue weighted by Crippen LogP contribution is 2.31. The van der Waals surface area contributed by atoms with Gasteiger partial charge in [0.05, 0.1) is 14.2 Å². The smallest absolute Gasteiger partial charge is 0.123 e. The second-order valence-electron chi connectivity index (χ2n) is 4.23. The van der Waals surface area contributed by atoms with E-state index in [1.165, 1.54) is 5.56 Å². The minimum Gasteiger partial charge on any atom is -0.497 e. The maximum Gasteiger partial charge on any atom is 0.123 e. The monoisotopic (exact) mass is 286 g/mol. The third-order valence-corrected chi connectivity index (χ3v) is 3.45. The van der Waals surface area contributed by atoms with Crippen LogP contribution >= 0.6 is 11.8 Å². The predicted molar refractivity (Wildman–Crippen MR) is 86.6 cm³/mol. The predicted octanol–water partition coefficient (Wildman–Crippen LogP) is 4.46. The molecule has 0 aliphatic heterocycles. The van der Waals surface area contributed by atoms with Crippen molar-refractivity contribution >= 4 is 17.3 Å². The van der Waals surface area contributed by atoms with Gasteiger partial charge >= 0.3 is 0 Å². The molecule has 0 fully saturated rings. The molecule has 3 heteroatoms. The fourth-order valence-electron chi connectivity index (χ4n) is 2.00. The van der Waals surface area contributed by atoms with E-state index >= 15 is 0 Å². The lowest BCUT2D eigenvalue weighted by atomic mass is 9.99. The average molecular weight is 286 g/mol. The highest BCUT2D eigenvalue weighted by molar-refractivity contribution is 8.01. The molecule has 104 valence electrons. The van der Waals surface area contributed by atoms with Crippen molar-refractivity contribution in [1.29, 1.82) is 0 Å². The molecular weight excluding hydrogens is 268 g/mol. The first-order valence-electron chi connectivity index (χ1n) is 6.30. The number of methoxy groups -OCH3 is 2. The largest absolute Gasteiger partial charge is 0.497 e. The quantitative estimate of drug-likeness (QED) is 0.808. The Balaban J connectivity index is 2.53. The van der Waals surface area contributed by atoms with Crippen molar-refractivity contribution in [2.45, 2.75) is 0 Å².